The van der Waals surface area contributed by atoms with E-state index in [1.165, 1.54) is 11.1 Å². The van der Waals surface area contributed by atoms with E-state index in [1.807, 2.05) is 12.1 Å². The fourth-order valence-corrected chi connectivity index (χ4v) is 2.86. The maximum absolute atomic E-state index is 11.8. The SMILES string of the molecule is NN1Cc2ccc(OCCNC(=O)CN3CCOCC3)cc2C1. The molecule has 126 valence electrons. The van der Waals surface area contributed by atoms with Crippen molar-refractivity contribution in [3.8, 4) is 5.75 Å². The van der Waals surface area contributed by atoms with Crippen LogP contribution in [0, 0.1) is 0 Å². The summed E-state index contributed by atoms with van der Waals surface area (Å²) in [6, 6.07) is 6.03. The molecule has 1 saturated heterocycles. The number of hydrazine groups is 1. The zero-order valence-electron chi connectivity index (χ0n) is 13.3. The molecule has 0 radical (unpaired) electrons. The summed E-state index contributed by atoms with van der Waals surface area (Å²) in [6.45, 7) is 5.96. The van der Waals surface area contributed by atoms with Gasteiger partial charge < -0.3 is 14.8 Å². The van der Waals surface area contributed by atoms with Crippen LogP contribution in [0.1, 0.15) is 11.1 Å². The molecular formula is C16H24N4O3. The Morgan fingerprint density at radius 3 is 2.87 bits per heavy atom. The number of fused-ring (bicyclic) bond motifs is 1. The van der Waals surface area contributed by atoms with Gasteiger partial charge in [-0.1, -0.05) is 6.07 Å². The highest BCUT2D eigenvalue weighted by Crippen LogP contribution is 2.24. The summed E-state index contributed by atoms with van der Waals surface area (Å²) in [5, 5.41) is 4.66. The highest BCUT2D eigenvalue weighted by atomic mass is 16.5. The van der Waals surface area contributed by atoms with E-state index in [4.69, 9.17) is 15.3 Å². The van der Waals surface area contributed by atoms with Gasteiger partial charge in [-0.05, 0) is 23.3 Å². The Morgan fingerprint density at radius 2 is 2.04 bits per heavy atom. The largest absolute Gasteiger partial charge is 0.492 e. The minimum absolute atomic E-state index is 0.0308. The van der Waals surface area contributed by atoms with Crippen molar-refractivity contribution >= 4 is 5.91 Å². The second-order valence-electron chi connectivity index (χ2n) is 5.92. The maximum Gasteiger partial charge on any atom is 0.234 e. The van der Waals surface area contributed by atoms with Gasteiger partial charge in [0.2, 0.25) is 5.91 Å². The van der Waals surface area contributed by atoms with Crippen molar-refractivity contribution in [2.75, 3.05) is 46.0 Å². The van der Waals surface area contributed by atoms with Crippen LogP contribution >= 0.6 is 0 Å². The first-order chi connectivity index (χ1) is 11.2. The molecule has 1 aromatic carbocycles. The third kappa shape index (κ3) is 4.65. The van der Waals surface area contributed by atoms with Crippen molar-refractivity contribution in [3.63, 3.8) is 0 Å². The first kappa shape index (κ1) is 16.2. The average molecular weight is 320 g/mol. The quantitative estimate of drug-likeness (QED) is 0.553. The Labute approximate surface area is 136 Å². The molecule has 0 aromatic heterocycles. The molecule has 1 aromatic rings. The molecule has 0 aliphatic carbocycles. The highest BCUT2D eigenvalue weighted by Gasteiger charge is 2.16. The van der Waals surface area contributed by atoms with Crippen LogP contribution in [0.4, 0.5) is 0 Å². The zero-order chi connectivity index (χ0) is 16.1. The van der Waals surface area contributed by atoms with Crippen LogP contribution in [0.2, 0.25) is 0 Å². The van der Waals surface area contributed by atoms with Gasteiger partial charge in [-0.15, -0.1) is 0 Å². The van der Waals surface area contributed by atoms with Gasteiger partial charge in [-0.2, -0.15) is 0 Å². The lowest BCUT2D eigenvalue weighted by atomic mass is 10.1. The number of ether oxygens (including phenoxy) is 2. The molecule has 0 unspecified atom stereocenters. The van der Waals surface area contributed by atoms with Crippen molar-refractivity contribution in [2.24, 2.45) is 5.84 Å². The number of benzene rings is 1. The normalized spacial score (nSPS) is 18.7. The molecular weight excluding hydrogens is 296 g/mol. The van der Waals surface area contributed by atoms with E-state index in [0.717, 1.165) is 31.9 Å². The van der Waals surface area contributed by atoms with Crippen LogP contribution in [-0.2, 0) is 22.6 Å². The van der Waals surface area contributed by atoms with Gasteiger partial charge >= 0.3 is 0 Å². The first-order valence-electron chi connectivity index (χ1n) is 8.02. The molecule has 0 spiro atoms. The van der Waals surface area contributed by atoms with Gasteiger partial charge in [0.25, 0.3) is 0 Å². The van der Waals surface area contributed by atoms with Gasteiger partial charge in [0.1, 0.15) is 12.4 Å². The fraction of sp³-hybridized carbons (Fsp3) is 0.562. The van der Waals surface area contributed by atoms with Gasteiger partial charge in [-0.25, -0.2) is 5.01 Å². The van der Waals surface area contributed by atoms with Crippen molar-refractivity contribution in [2.45, 2.75) is 13.1 Å². The van der Waals surface area contributed by atoms with Gasteiger partial charge in [-0.3, -0.25) is 15.5 Å². The summed E-state index contributed by atoms with van der Waals surface area (Å²) in [5.74, 6) is 6.65. The predicted octanol–water partition coefficient (Wildman–Crippen LogP) is -0.297. The number of carbonyl (C=O) groups excluding carboxylic acids is 1. The van der Waals surface area contributed by atoms with Gasteiger partial charge in [0.15, 0.2) is 0 Å². The summed E-state index contributed by atoms with van der Waals surface area (Å²) in [6.07, 6.45) is 0. The number of nitrogens with one attached hydrogen (secondary N) is 1. The molecule has 1 amide bonds. The second kappa shape index (κ2) is 7.74. The Hall–Kier alpha value is -1.67. The minimum atomic E-state index is 0.0308. The second-order valence-corrected chi connectivity index (χ2v) is 5.92. The molecule has 0 bridgehead atoms. The average Bonchev–Trinajstić information content (AvgIpc) is 2.92. The van der Waals surface area contributed by atoms with Crippen LogP contribution in [0.25, 0.3) is 0 Å². The summed E-state index contributed by atoms with van der Waals surface area (Å²) >= 11 is 0. The Morgan fingerprint density at radius 1 is 1.26 bits per heavy atom. The molecule has 1 fully saturated rings. The van der Waals surface area contributed by atoms with E-state index in [2.05, 4.69) is 16.3 Å². The third-order valence-electron chi connectivity index (χ3n) is 4.09. The third-order valence-corrected chi connectivity index (χ3v) is 4.09. The summed E-state index contributed by atoms with van der Waals surface area (Å²) in [4.78, 5) is 13.9. The summed E-state index contributed by atoms with van der Waals surface area (Å²) < 4.78 is 11.0. The monoisotopic (exact) mass is 320 g/mol. The van der Waals surface area contributed by atoms with E-state index in [9.17, 15) is 4.79 Å². The molecule has 2 aliphatic heterocycles. The van der Waals surface area contributed by atoms with Crippen LogP contribution in [-0.4, -0.2) is 61.8 Å². The van der Waals surface area contributed by atoms with Gasteiger partial charge in [0, 0.05) is 26.2 Å². The molecule has 3 N–H and O–H groups in total. The number of amides is 1. The van der Waals surface area contributed by atoms with Gasteiger partial charge in [0.05, 0.1) is 26.3 Å². The summed E-state index contributed by atoms with van der Waals surface area (Å²) in [7, 11) is 0. The van der Waals surface area contributed by atoms with Crippen LogP contribution in [0.5, 0.6) is 5.75 Å². The molecule has 2 aliphatic rings. The molecule has 0 atom stereocenters. The minimum Gasteiger partial charge on any atom is -0.492 e. The van der Waals surface area contributed by atoms with E-state index < -0.39 is 0 Å². The topological polar surface area (TPSA) is 80.1 Å². The van der Waals surface area contributed by atoms with E-state index in [-0.39, 0.29) is 5.91 Å². The number of morpholine rings is 1. The molecule has 0 saturated carbocycles. The van der Waals surface area contributed by atoms with Crippen LogP contribution in [0.3, 0.4) is 0 Å². The maximum atomic E-state index is 11.8. The Balaban J connectivity index is 1.35. The molecule has 7 heteroatoms. The Bertz CT molecular complexity index is 546. The number of hydrogen-bond donors (Lipinski definition) is 2. The van der Waals surface area contributed by atoms with Crippen molar-refractivity contribution in [1.29, 1.82) is 0 Å². The molecule has 23 heavy (non-hydrogen) atoms. The van der Waals surface area contributed by atoms with E-state index in [1.54, 1.807) is 5.01 Å². The van der Waals surface area contributed by atoms with Crippen molar-refractivity contribution in [3.05, 3.63) is 29.3 Å². The number of carbonyl (C=O) groups is 1. The molecule has 7 nitrogen and oxygen atoms in total. The molecule has 3 rings (SSSR count). The molecule has 2 heterocycles. The fourth-order valence-electron chi connectivity index (χ4n) is 2.86. The van der Waals surface area contributed by atoms with Crippen LogP contribution < -0.4 is 15.9 Å². The van der Waals surface area contributed by atoms with Crippen LogP contribution in [0.15, 0.2) is 18.2 Å². The highest BCUT2D eigenvalue weighted by molar-refractivity contribution is 5.78. The standard InChI is InChI=1S/C16H24N4O3/c17-20-10-13-1-2-15(9-14(13)11-20)23-6-3-18-16(21)12-19-4-7-22-8-5-19/h1-2,9H,3-8,10-12,17H2,(H,18,21). The first-order valence-corrected chi connectivity index (χ1v) is 8.02. The summed E-state index contributed by atoms with van der Waals surface area (Å²) in [5.41, 5.74) is 2.46. The van der Waals surface area contributed by atoms with E-state index >= 15 is 0 Å². The lowest BCUT2D eigenvalue weighted by molar-refractivity contribution is -0.123. The number of hydrogen-bond acceptors (Lipinski definition) is 6. The van der Waals surface area contributed by atoms with Crippen molar-refractivity contribution < 1.29 is 14.3 Å². The lowest BCUT2D eigenvalue weighted by Crippen LogP contribution is -2.43. The number of nitrogens with zero attached hydrogens (tertiary/aromatic N) is 2. The van der Waals surface area contributed by atoms with E-state index in [0.29, 0.717) is 32.9 Å². The number of nitrogens with two attached hydrogens (primary N) is 1. The lowest BCUT2D eigenvalue weighted by Gasteiger charge is -2.25. The zero-order valence-corrected chi connectivity index (χ0v) is 13.3. The van der Waals surface area contributed by atoms with Crippen molar-refractivity contribution in [1.82, 2.24) is 15.2 Å². The smallest absolute Gasteiger partial charge is 0.234 e. The predicted molar refractivity (Wildman–Crippen MR) is 85.6 cm³/mol. The number of rotatable bonds is 6. The Kier molecular flexibility index (Phi) is 5.45.